The van der Waals surface area contributed by atoms with Crippen LogP contribution in [0.25, 0.3) is 11.3 Å². The van der Waals surface area contributed by atoms with Crippen molar-refractivity contribution < 1.29 is 14.3 Å². The Bertz CT molecular complexity index is 1040. The van der Waals surface area contributed by atoms with Crippen LogP contribution in [0.3, 0.4) is 0 Å². The molecule has 0 atom stereocenters. The van der Waals surface area contributed by atoms with Crippen LogP contribution in [-0.2, 0) is 0 Å². The average molecular weight is 418 g/mol. The monoisotopic (exact) mass is 418 g/mol. The molecule has 0 spiro atoms. The Balaban J connectivity index is 1.51. The van der Waals surface area contributed by atoms with Gasteiger partial charge in [-0.1, -0.05) is 36.4 Å². The van der Waals surface area contributed by atoms with Gasteiger partial charge in [0.1, 0.15) is 28.7 Å². The number of hydrogen-bond donors (Lipinski definition) is 0. The SMILES string of the molecule is COc1cccc(OC)c1C(=O)N1CCN(c2cc(-c3ccccc3)nc(C)n2)CC1. The molecule has 0 aliphatic carbocycles. The molecule has 2 heterocycles. The van der Waals surface area contributed by atoms with Crippen LogP contribution in [0, 0.1) is 6.92 Å². The number of benzene rings is 2. The smallest absolute Gasteiger partial charge is 0.261 e. The zero-order valence-corrected chi connectivity index (χ0v) is 18.0. The number of aryl methyl sites for hydroxylation is 1. The van der Waals surface area contributed by atoms with Gasteiger partial charge < -0.3 is 19.3 Å². The van der Waals surface area contributed by atoms with E-state index in [1.165, 1.54) is 0 Å². The van der Waals surface area contributed by atoms with Crippen LogP contribution in [0.5, 0.6) is 11.5 Å². The lowest BCUT2D eigenvalue weighted by Crippen LogP contribution is -2.49. The molecule has 160 valence electrons. The third-order valence-electron chi connectivity index (χ3n) is 5.43. The van der Waals surface area contributed by atoms with Crippen LogP contribution in [0.15, 0.2) is 54.6 Å². The Morgan fingerprint density at radius 1 is 0.871 bits per heavy atom. The van der Waals surface area contributed by atoms with Gasteiger partial charge in [-0.15, -0.1) is 0 Å². The number of piperazine rings is 1. The molecule has 3 aromatic rings. The second-order valence-corrected chi connectivity index (χ2v) is 7.34. The van der Waals surface area contributed by atoms with E-state index >= 15 is 0 Å². The van der Waals surface area contributed by atoms with E-state index in [1.54, 1.807) is 26.4 Å². The predicted octanol–water partition coefficient (Wildman–Crippen LogP) is 3.43. The van der Waals surface area contributed by atoms with Gasteiger partial charge in [0.15, 0.2) is 0 Å². The highest BCUT2D eigenvalue weighted by molar-refractivity contribution is 5.99. The van der Waals surface area contributed by atoms with Gasteiger partial charge in [0.25, 0.3) is 5.91 Å². The van der Waals surface area contributed by atoms with Crippen LogP contribution >= 0.6 is 0 Å². The molecule has 0 bridgehead atoms. The maximum absolute atomic E-state index is 13.2. The molecule has 7 heteroatoms. The van der Waals surface area contributed by atoms with E-state index in [-0.39, 0.29) is 5.91 Å². The van der Waals surface area contributed by atoms with E-state index in [9.17, 15) is 4.79 Å². The molecule has 0 radical (unpaired) electrons. The Hall–Kier alpha value is -3.61. The standard InChI is InChI=1S/C24H26N4O3/c1-17-25-19(18-8-5-4-6-9-18)16-22(26-17)27-12-14-28(15-13-27)24(29)23-20(30-2)10-7-11-21(23)31-3/h4-11,16H,12-15H2,1-3H3. The number of carbonyl (C=O) groups is 1. The summed E-state index contributed by atoms with van der Waals surface area (Å²) in [5.74, 6) is 2.57. The summed E-state index contributed by atoms with van der Waals surface area (Å²) in [7, 11) is 3.12. The van der Waals surface area contributed by atoms with Crippen molar-refractivity contribution in [3.8, 4) is 22.8 Å². The average Bonchev–Trinajstić information content (AvgIpc) is 2.83. The molecule has 4 rings (SSSR count). The first kappa shape index (κ1) is 20.7. The van der Waals surface area contributed by atoms with E-state index in [1.807, 2.05) is 54.3 Å². The van der Waals surface area contributed by atoms with Crippen molar-refractivity contribution in [2.75, 3.05) is 45.3 Å². The molecule has 1 amide bonds. The number of anilines is 1. The number of methoxy groups -OCH3 is 2. The zero-order valence-electron chi connectivity index (χ0n) is 18.0. The van der Waals surface area contributed by atoms with Crippen LogP contribution in [0.2, 0.25) is 0 Å². The third kappa shape index (κ3) is 4.30. The Labute approximate surface area is 182 Å². The molecule has 1 aliphatic heterocycles. The lowest BCUT2D eigenvalue weighted by Gasteiger charge is -2.36. The van der Waals surface area contributed by atoms with Gasteiger partial charge in [0.05, 0.1) is 19.9 Å². The molecule has 31 heavy (non-hydrogen) atoms. The fraction of sp³-hybridized carbons (Fsp3) is 0.292. The van der Waals surface area contributed by atoms with E-state index < -0.39 is 0 Å². The number of rotatable bonds is 5. The van der Waals surface area contributed by atoms with E-state index in [4.69, 9.17) is 9.47 Å². The first-order valence-electron chi connectivity index (χ1n) is 10.3. The summed E-state index contributed by atoms with van der Waals surface area (Å²) in [6, 6.07) is 17.5. The normalized spacial score (nSPS) is 13.8. The van der Waals surface area contributed by atoms with Crippen molar-refractivity contribution >= 4 is 11.7 Å². The lowest BCUT2D eigenvalue weighted by atomic mass is 10.1. The third-order valence-corrected chi connectivity index (χ3v) is 5.43. The second-order valence-electron chi connectivity index (χ2n) is 7.34. The second kappa shape index (κ2) is 9.04. The van der Waals surface area contributed by atoms with Crippen molar-refractivity contribution in [2.24, 2.45) is 0 Å². The van der Waals surface area contributed by atoms with Crippen LogP contribution in [-0.4, -0.2) is 61.2 Å². The fourth-order valence-corrected chi connectivity index (χ4v) is 3.83. The number of nitrogens with zero attached hydrogens (tertiary/aromatic N) is 4. The minimum absolute atomic E-state index is 0.0854. The Morgan fingerprint density at radius 2 is 1.52 bits per heavy atom. The highest BCUT2D eigenvalue weighted by Crippen LogP contribution is 2.30. The molecule has 1 aromatic heterocycles. The topological polar surface area (TPSA) is 67.8 Å². The Morgan fingerprint density at radius 3 is 2.13 bits per heavy atom. The summed E-state index contributed by atoms with van der Waals surface area (Å²) < 4.78 is 10.8. The summed E-state index contributed by atoms with van der Waals surface area (Å²) in [5.41, 5.74) is 2.43. The minimum Gasteiger partial charge on any atom is -0.496 e. The number of amides is 1. The summed E-state index contributed by atoms with van der Waals surface area (Å²) in [5, 5.41) is 0. The fourth-order valence-electron chi connectivity index (χ4n) is 3.83. The summed E-state index contributed by atoms with van der Waals surface area (Å²) in [4.78, 5) is 26.5. The molecule has 0 saturated carbocycles. The van der Waals surface area contributed by atoms with Crippen LogP contribution in [0.1, 0.15) is 16.2 Å². The maximum atomic E-state index is 13.2. The van der Waals surface area contributed by atoms with Gasteiger partial charge in [0, 0.05) is 37.8 Å². The predicted molar refractivity (Wildman–Crippen MR) is 120 cm³/mol. The summed E-state index contributed by atoms with van der Waals surface area (Å²) >= 11 is 0. The molecule has 7 nitrogen and oxygen atoms in total. The summed E-state index contributed by atoms with van der Waals surface area (Å²) in [6.45, 7) is 4.46. The van der Waals surface area contributed by atoms with Gasteiger partial charge in [-0.25, -0.2) is 9.97 Å². The van der Waals surface area contributed by atoms with Crippen molar-refractivity contribution in [1.82, 2.24) is 14.9 Å². The van der Waals surface area contributed by atoms with Gasteiger partial charge >= 0.3 is 0 Å². The van der Waals surface area contributed by atoms with Gasteiger partial charge in [0.2, 0.25) is 0 Å². The van der Waals surface area contributed by atoms with Crippen molar-refractivity contribution in [3.05, 3.63) is 66.0 Å². The quantitative estimate of drug-likeness (QED) is 0.632. The molecule has 0 N–H and O–H groups in total. The van der Waals surface area contributed by atoms with E-state index in [2.05, 4.69) is 14.9 Å². The largest absolute Gasteiger partial charge is 0.496 e. The highest BCUT2D eigenvalue weighted by Gasteiger charge is 2.27. The van der Waals surface area contributed by atoms with Crippen LogP contribution < -0.4 is 14.4 Å². The molecule has 2 aromatic carbocycles. The number of carbonyl (C=O) groups excluding carboxylic acids is 1. The van der Waals surface area contributed by atoms with E-state index in [0.29, 0.717) is 43.2 Å². The van der Waals surface area contributed by atoms with E-state index in [0.717, 1.165) is 22.9 Å². The highest BCUT2D eigenvalue weighted by atomic mass is 16.5. The first-order valence-corrected chi connectivity index (χ1v) is 10.3. The molecule has 0 unspecified atom stereocenters. The van der Waals surface area contributed by atoms with Crippen molar-refractivity contribution in [1.29, 1.82) is 0 Å². The molecular formula is C24H26N4O3. The maximum Gasteiger partial charge on any atom is 0.261 e. The number of hydrogen-bond acceptors (Lipinski definition) is 6. The summed E-state index contributed by atoms with van der Waals surface area (Å²) in [6.07, 6.45) is 0. The van der Waals surface area contributed by atoms with Crippen molar-refractivity contribution in [2.45, 2.75) is 6.92 Å². The molecule has 1 saturated heterocycles. The van der Waals surface area contributed by atoms with Crippen LogP contribution in [0.4, 0.5) is 5.82 Å². The first-order chi connectivity index (χ1) is 15.1. The molecule has 1 aliphatic rings. The number of ether oxygens (including phenoxy) is 2. The van der Waals surface area contributed by atoms with Crippen molar-refractivity contribution in [3.63, 3.8) is 0 Å². The molecule has 1 fully saturated rings. The minimum atomic E-state index is -0.0854. The van der Waals surface area contributed by atoms with Gasteiger partial charge in [-0.2, -0.15) is 0 Å². The zero-order chi connectivity index (χ0) is 21.8. The van der Waals surface area contributed by atoms with Gasteiger partial charge in [-0.3, -0.25) is 4.79 Å². The lowest BCUT2D eigenvalue weighted by molar-refractivity contribution is 0.0739. The number of aromatic nitrogens is 2. The Kier molecular flexibility index (Phi) is 6.02. The molecular weight excluding hydrogens is 392 g/mol. The van der Waals surface area contributed by atoms with Gasteiger partial charge in [-0.05, 0) is 19.1 Å².